The maximum Gasteiger partial charge on any atom is 0.127 e. The molecule has 5 heteroatoms. The van der Waals surface area contributed by atoms with Gasteiger partial charge in [0.05, 0.1) is 17.4 Å². The van der Waals surface area contributed by atoms with Crippen LogP contribution >= 0.6 is 0 Å². The lowest BCUT2D eigenvalue weighted by atomic mass is 9.79. The van der Waals surface area contributed by atoms with Gasteiger partial charge in [-0.1, -0.05) is 0 Å². The Labute approximate surface area is 139 Å². The van der Waals surface area contributed by atoms with Crippen molar-refractivity contribution in [3.05, 3.63) is 17.5 Å². The highest BCUT2D eigenvalue weighted by Gasteiger charge is 2.46. The third kappa shape index (κ3) is 3.15. The van der Waals surface area contributed by atoms with Crippen LogP contribution in [0, 0.1) is 18.3 Å². The second-order valence-electron chi connectivity index (χ2n) is 7.29. The molecule has 3 rings (SSSR count). The van der Waals surface area contributed by atoms with E-state index in [-0.39, 0.29) is 11.6 Å². The molecule has 2 aliphatic heterocycles. The molecule has 1 aromatic heterocycles. The Hall–Kier alpha value is -1.38. The normalized spacial score (nSPS) is 29.1. The number of likely N-dealkylation sites (tertiary alicyclic amines) is 1. The maximum atomic E-state index is 9.83. The molecule has 0 aliphatic carbocycles. The van der Waals surface area contributed by atoms with Crippen molar-refractivity contribution in [2.24, 2.45) is 0 Å². The monoisotopic (exact) mass is 316 g/mol. The van der Waals surface area contributed by atoms with Gasteiger partial charge in [-0.3, -0.25) is 9.58 Å². The summed E-state index contributed by atoms with van der Waals surface area (Å²) in [6.07, 6.45) is 7.58. The smallest absolute Gasteiger partial charge is 0.127 e. The molecule has 1 aromatic rings. The molecule has 126 valence electrons. The van der Waals surface area contributed by atoms with E-state index in [1.165, 1.54) is 12.0 Å². The summed E-state index contributed by atoms with van der Waals surface area (Å²) in [6, 6.07) is 2.78. The van der Waals surface area contributed by atoms with E-state index in [0.29, 0.717) is 6.04 Å². The van der Waals surface area contributed by atoms with Gasteiger partial charge in [0.15, 0.2) is 0 Å². The molecular weight excluding hydrogens is 288 g/mol. The van der Waals surface area contributed by atoms with E-state index in [1.807, 2.05) is 4.68 Å². The van der Waals surface area contributed by atoms with Crippen LogP contribution in [-0.2, 0) is 11.3 Å². The van der Waals surface area contributed by atoms with Crippen molar-refractivity contribution in [3.8, 4) is 6.07 Å². The molecule has 2 atom stereocenters. The van der Waals surface area contributed by atoms with Crippen LogP contribution in [0.3, 0.4) is 0 Å². The first kappa shape index (κ1) is 16.5. The van der Waals surface area contributed by atoms with Crippen molar-refractivity contribution in [1.29, 1.82) is 5.26 Å². The summed E-state index contributed by atoms with van der Waals surface area (Å²) in [7, 11) is 0. The van der Waals surface area contributed by atoms with E-state index in [1.54, 1.807) is 0 Å². The highest BCUT2D eigenvalue weighted by Crippen LogP contribution is 2.39. The number of hydrogen-bond donors (Lipinski definition) is 0. The number of ether oxygens (including phenoxy) is 1. The summed E-state index contributed by atoms with van der Waals surface area (Å²) in [6.45, 7) is 8.90. The lowest BCUT2D eigenvalue weighted by Gasteiger charge is -2.48. The predicted octanol–water partition coefficient (Wildman–Crippen LogP) is 3.20. The Morgan fingerprint density at radius 2 is 2.17 bits per heavy atom. The Bertz CT molecular complexity index is 575. The second kappa shape index (κ2) is 6.62. The summed E-state index contributed by atoms with van der Waals surface area (Å²) >= 11 is 0. The molecule has 0 N–H and O–H groups in total. The molecule has 5 nitrogen and oxygen atoms in total. The van der Waals surface area contributed by atoms with Crippen molar-refractivity contribution in [2.45, 2.75) is 77.1 Å². The van der Waals surface area contributed by atoms with Crippen LogP contribution in [0.1, 0.15) is 63.3 Å². The molecule has 0 amide bonds. The van der Waals surface area contributed by atoms with Gasteiger partial charge >= 0.3 is 0 Å². The SMILES string of the molecule is Cc1nn(C(C)C)cc1CN1CCCC2(CCCCO2)C1C#N. The van der Waals surface area contributed by atoms with Crippen LogP contribution in [0.25, 0.3) is 0 Å². The third-order valence-corrected chi connectivity index (χ3v) is 5.34. The van der Waals surface area contributed by atoms with Crippen LogP contribution in [0.2, 0.25) is 0 Å². The van der Waals surface area contributed by atoms with E-state index in [9.17, 15) is 5.26 Å². The molecule has 2 aliphatic rings. The standard InChI is InChI=1S/C18H28N4O/c1-14(2)22-13-16(15(3)20-22)12-21-9-6-8-18(17(21)11-19)7-4-5-10-23-18/h13-14,17H,4-10,12H2,1-3H3. The van der Waals surface area contributed by atoms with E-state index < -0.39 is 0 Å². The zero-order chi connectivity index (χ0) is 16.4. The Balaban J connectivity index is 1.80. The number of aryl methyl sites for hydroxylation is 1. The minimum Gasteiger partial charge on any atom is -0.372 e. The molecule has 0 bridgehead atoms. The van der Waals surface area contributed by atoms with Crippen molar-refractivity contribution in [3.63, 3.8) is 0 Å². The van der Waals surface area contributed by atoms with E-state index in [2.05, 4.69) is 43.0 Å². The van der Waals surface area contributed by atoms with Crippen LogP contribution < -0.4 is 0 Å². The van der Waals surface area contributed by atoms with Crippen molar-refractivity contribution >= 4 is 0 Å². The Morgan fingerprint density at radius 3 is 2.78 bits per heavy atom. The fraction of sp³-hybridized carbons (Fsp3) is 0.778. The lowest BCUT2D eigenvalue weighted by Crippen LogP contribution is -2.58. The van der Waals surface area contributed by atoms with Gasteiger partial charge < -0.3 is 4.74 Å². The quantitative estimate of drug-likeness (QED) is 0.859. The summed E-state index contributed by atoms with van der Waals surface area (Å²) in [5.74, 6) is 0. The average Bonchev–Trinajstić information content (AvgIpc) is 2.90. The average molecular weight is 316 g/mol. The van der Waals surface area contributed by atoms with Gasteiger partial charge in [0.2, 0.25) is 0 Å². The molecule has 2 saturated heterocycles. The molecule has 2 unspecified atom stereocenters. The highest BCUT2D eigenvalue weighted by atomic mass is 16.5. The van der Waals surface area contributed by atoms with Gasteiger partial charge in [-0.2, -0.15) is 10.4 Å². The lowest BCUT2D eigenvalue weighted by molar-refractivity contribution is -0.138. The maximum absolute atomic E-state index is 9.83. The first-order valence-electron chi connectivity index (χ1n) is 8.88. The predicted molar refractivity (Wildman–Crippen MR) is 88.9 cm³/mol. The van der Waals surface area contributed by atoms with Crippen LogP contribution in [0.5, 0.6) is 0 Å². The topological polar surface area (TPSA) is 54.1 Å². The van der Waals surface area contributed by atoms with Crippen molar-refractivity contribution in [1.82, 2.24) is 14.7 Å². The van der Waals surface area contributed by atoms with Gasteiger partial charge in [-0.15, -0.1) is 0 Å². The number of rotatable bonds is 3. The van der Waals surface area contributed by atoms with Crippen molar-refractivity contribution < 1.29 is 4.74 Å². The van der Waals surface area contributed by atoms with Crippen LogP contribution in [-0.4, -0.2) is 39.5 Å². The number of piperidine rings is 1. The molecule has 3 heterocycles. The minimum atomic E-state index is -0.243. The Kier molecular flexibility index (Phi) is 4.74. The molecular formula is C18H28N4O. The van der Waals surface area contributed by atoms with E-state index >= 15 is 0 Å². The largest absolute Gasteiger partial charge is 0.372 e. The van der Waals surface area contributed by atoms with Gasteiger partial charge in [0, 0.05) is 31.0 Å². The third-order valence-electron chi connectivity index (χ3n) is 5.34. The Morgan fingerprint density at radius 1 is 1.39 bits per heavy atom. The summed E-state index contributed by atoms with van der Waals surface area (Å²) in [5.41, 5.74) is 2.05. The zero-order valence-electron chi connectivity index (χ0n) is 14.6. The van der Waals surface area contributed by atoms with Gasteiger partial charge in [-0.05, 0) is 59.4 Å². The van der Waals surface area contributed by atoms with Gasteiger partial charge in [-0.25, -0.2) is 0 Å². The van der Waals surface area contributed by atoms with Crippen LogP contribution in [0.4, 0.5) is 0 Å². The highest BCUT2D eigenvalue weighted by molar-refractivity contribution is 5.18. The van der Waals surface area contributed by atoms with E-state index in [4.69, 9.17) is 4.74 Å². The van der Waals surface area contributed by atoms with E-state index in [0.717, 1.165) is 51.1 Å². The molecule has 0 saturated carbocycles. The summed E-state index contributed by atoms with van der Waals surface area (Å²) in [4.78, 5) is 2.31. The minimum absolute atomic E-state index is 0.140. The van der Waals surface area contributed by atoms with Crippen LogP contribution in [0.15, 0.2) is 6.20 Å². The molecule has 23 heavy (non-hydrogen) atoms. The molecule has 1 spiro atoms. The molecule has 2 fully saturated rings. The first-order valence-corrected chi connectivity index (χ1v) is 8.88. The zero-order valence-corrected chi connectivity index (χ0v) is 14.6. The van der Waals surface area contributed by atoms with Crippen molar-refractivity contribution in [2.75, 3.05) is 13.2 Å². The summed E-state index contributed by atoms with van der Waals surface area (Å²) < 4.78 is 8.18. The first-order chi connectivity index (χ1) is 11.1. The summed E-state index contributed by atoms with van der Waals surface area (Å²) in [5, 5.41) is 14.4. The number of nitriles is 1. The van der Waals surface area contributed by atoms with Gasteiger partial charge in [0.1, 0.15) is 6.04 Å². The number of hydrogen-bond acceptors (Lipinski definition) is 4. The number of aromatic nitrogens is 2. The second-order valence-corrected chi connectivity index (χ2v) is 7.29. The molecule has 0 aromatic carbocycles. The molecule has 0 radical (unpaired) electrons. The fourth-order valence-corrected chi connectivity index (χ4v) is 3.99. The number of nitrogens with zero attached hydrogens (tertiary/aromatic N) is 4. The van der Waals surface area contributed by atoms with Gasteiger partial charge in [0.25, 0.3) is 0 Å². The fourth-order valence-electron chi connectivity index (χ4n) is 3.99.